The van der Waals surface area contributed by atoms with Gasteiger partial charge in [0.25, 0.3) is 0 Å². The van der Waals surface area contributed by atoms with Crippen LogP contribution in [0.15, 0.2) is 22.7 Å². The molecule has 1 aromatic rings. The molecule has 19 heavy (non-hydrogen) atoms. The van der Waals surface area contributed by atoms with E-state index in [1.807, 2.05) is 6.07 Å². The molecule has 3 N–H and O–H groups in total. The van der Waals surface area contributed by atoms with Crippen LogP contribution >= 0.6 is 15.9 Å². The van der Waals surface area contributed by atoms with Gasteiger partial charge in [-0.05, 0) is 39.9 Å². The maximum Gasteiger partial charge on any atom is 0.137 e. The molecule has 4 heteroatoms. The summed E-state index contributed by atoms with van der Waals surface area (Å²) in [4.78, 5) is 0. The van der Waals surface area contributed by atoms with E-state index >= 15 is 0 Å². The zero-order valence-corrected chi connectivity index (χ0v) is 13.3. The van der Waals surface area contributed by atoms with Gasteiger partial charge in [-0.15, -0.1) is 0 Å². The molecule has 0 fully saturated rings. The van der Waals surface area contributed by atoms with E-state index in [1.54, 1.807) is 6.07 Å². The van der Waals surface area contributed by atoms with Crippen LogP contribution in [-0.4, -0.2) is 0 Å². The Morgan fingerprint density at radius 1 is 1.37 bits per heavy atom. The van der Waals surface area contributed by atoms with E-state index in [1.165, 1.54) is 25.3 Å². The molecule has 2 nitrogen and oxygen atoms in total. The third-order valence-corrected chi connectivity index (χ3v) is 4.51. The highest BCUT2D eigenvalue weighted by atomic mass is 79.9. The van der Waals surface area contributed by atoms with Crippen LogP contribution in [0.25, 0.3) is 0 Å². The highest BCUT2D eigenvalue weighted by Crippen LogP contribution is 2.31. The third kappa shape index (κ3) is 4.86. The van der Waals surface area contributed by atoms with Crippen LogP contribution in [0.5, 0.6) is 0 Å². The normalized spacial score (nSPS) is 14.4. The molecule has 0 bridgehead atoms. The highest BCUT2D eigenvalue weighted by Gasteiger charge is 2.19. The van der Waals surface area contributed by atoms with Crippen LogP contribution in [0.2, 0.25) is 0 Å². The first-order valence-electron chi connectivity index (χ1n) is 7.04. The van der Waals surface area contributed by atoms with Crippen LogP contribution < -0.4 is 11.3 Å². The Hall–Kier alpha value is -0.450. The molecule has 0 amide bonds. The summed E-state index contributed by atoms with van der Waals surface area (Å²) in [7, 11) is 0. The van der Waals surface area contributed by atoms with Crippen molar-refractivity contribution < 1.29 is 4.39 Å². The highest BCUT2D eigenvalue weighted by molar-refractivity contribution is 9.10. The van der Waals surface area contributed by atoms with E-state index in [4.69, 9.17) is 5.84 Å². The van der Waals surface area contributed by atoms with Gasteiger partial charge in [-0.3, -0.25) is 11.3 Å². The molecular formula is C15H24BrFN2. The summed E-state index contributed by atoms with van der Waals surface area (Å²) < 4.78 is 14.1. The number of nitrogens with two attached hydrogens (primary N) is 1. The molecule has 1 rings (SSSR count). The summed E-state index contributed by atoms with van der Waals surface area (Å²) in [5.74, 6) is 6.05. The molecule has 0 aromatic heterocycles. The van der Waals surface area contributed by atoms with Crippen LogP contribution in [-0.2, 0) is 0 Å². The van der Waals surface area contributed by atoms with Crippen LogP contribution in [0.4, 0.5) is 4.39 Å². The number of nitrogens with one attached hydrogen (secondary N) is 1. The van der Waals surface area contributed by atoms with Crippen LogP contribution in [0, 0.1) is 11.7 Å². The maximum atomic E-state index is 13.6. The molecule has 0 aliphatic heterocycles. The number of hydrogen-bond acceptors (Lipinski definition) is 2. The van der Waals surface area contributed by atoms with Gasteiger partial charge in [0.1, 0.15) is 5.82 Å². The Morgan fingerprint density at radius 3 is 2.68 bits per heavy atom. The quantitative estimate of drug-likeness (QED) is 0.535. The van der Waals surface area contributed by atoms with Crippen molar-refractivity contribution in [2.45, 2.75) is 52.0 Å². The van der Waals surface area contributed by atoms with Gasteiger partial charge < -0.3 is 0 Å². The number of unbranched alkanes of at least 4 members (excludes halogenated alkanes) is 1. The summed E-state index contributed by atoms with van der Waals surface area (Å²) in [5, 5.41) is 0. The van der Waals surface area contributed by atoms with Crippen LogP contribution in [0.3, 0.4) is 0 Å². The second kappa shape index (κ2) is 8.67. The molecule has 108 valence electrons. The van der Waals surface area contributed by atoms with E-state index < -0.39 is 0 Å². The first-order chi connectivity index (χ1) is 9.13. The summed E-state index contributed by atoms with van der Waals surface area (Å²) in [6, 6.07) is 5.10. The molecule has 1 aromatic carbocycles. The summed E-state index contributed by atoms with van der Waals surface area (Å²) in [5.41, 5.74) is 3.73. The molecule has 0 heterocycles. The molecule has 2 atom stereocenters. The largest absolute Gasteiger partial charge is 0.271 e. The fourth-order valence-electron chi connectivity index (χ4n) is 2.39. The van der Waals surface area contributed by atoms with Crippen molar-refractivity contribution in [3.05, 3.63) is 34.1 Å². The molecule has 0 spiro atoms. The zero-order chi connectivity index (χ0) is 14.3. The SMILES string of the molecule is CCCCC(CC)CC(NN)c1cccc(F)c1Br. The smallest absolute Gasteiger partial charge is 0.137 e. The lowest BCUT2D eigenvalue weighted by Crippen LogP contribution is -2.30. The van der Waals surface area contributed by atoms with Gasteiger partial charge in [-0.2, -0.15) is 0 Å². The van der Waals surface area contributed by atoms with Crippen molar-refractivity contribution in [3.8, 4) is 0 Å². The van der Waals surface area contributed by atoms with Crippen molar-refractivity contribution in [1.29, 1.82) is 0 Å². The minimum Gasteiger partial charge on any atom is -0.271 e. The number of rotatable bonds is 8. The standard InChI is InChI=1S/C15H24BrFN2/c1-3-5-7-11(4-2)10-14(19-18)12-8-6-9-13(17)15(12)16/h6,8-9,11,14,19H,3-5,7,10,18H2,1-2H3. The van der Waals surface area contributed by atoms with Crippen molar-refractivity contribution in [1.82, 2.24) is 5.43 Å². The predicted molar refractivity (Wildman–Crippen MR) is 82.1 cm³/mol. The predicted octanol–water partition coefficient (Wildman–Crippen LogP) is 4.70. The maximum absolute atomic E-state index is 13.6. The fourth-order valence-corrected chi connectivity index (χ4v) is 2.93. The summed E-state index contributed by atoms with van der Waals surface area (Å²) in [6.45, 7) is 4.41. The van der Waals surface area contributed by atoms with Crippen molar-refractivity contribution in [3.63, 3.8) is 0 Å². The molecule has 2 unspecified atom stereocenters. The topological polar surface area (TPSA) is 38.0 Å². The number of halogens is 2. The Labute approximate surface area is 124 Å². The second-order valence-electron chi connectivity index (χ2n) is 5.01. The van der Waals surface area contributed by atoms with Gasteiger partial charge in [0, 0.05) is 6.04 Å². The van der Waals surface area contributed by atoms with Gasteiger partial charge in [-0.1, -0.05) is 51.7 Å². The number of hydrogen-bond donors (Lipinski definition) is 2. The van der Waals surface area contributed by atoms with E-state index in [2.05, 4.69) is 35.2 Å². The lowest BCUT2D eigenvalue weighted by atomic mass is 9.89. The first-order valence-corrected chi connectivity index (χ1v) is 7.83. The van der Waals surface area contributed by atoms with E-state index in [9.17, 15) is 4.39 Å². The van der Waals surface area contributed by atoms with Crippen LogP contribution in [0.1, 0.15) is 57.6 Å². The molecule has 0 saturated carbocycles. The van der Waals surface area contributed by atoms with Gasteiger partial charge in [-0.25, -0.2) is 4.39 Å². The molecule has 0 aliphatic rings. The molecule has 0 aliphatic carbocycles. The van der Waals surface area contributed by atoms with Gasteiger partial charge in [0.15, 0.2) is 0 Å². The van der Waals surface area contributed by atoms with Gasteiger partial charge in [0.2, 0.25) is 0 Å². The minimum absolute atomic E-state index is 0.00752. The number of hydrazine groups is 1. The van der Waals surface area contributed by atoms with Gasteiger partial charge >= 0.3 is 0 Å². The first kappa shape index (κ1) is 16.6. The average Bonchev–Trinajstić information content (AvgIpc) is 2.43. The minimum atomic E-state index is -0.237. The third-order valence-electron chi connectivity index (χ3n) is 3.67. The van der Waals surface area contributed by atoms with Crippen molar-refractivity contribution in [2.75, 3.05) is 0 Å². The van der Waals surface area contributed by atoms with Gasteiger partial charge in [0.05, 0.1) is 4.47 Å². The molecular weight excluding hydrogens is 307 g/mol. The average molecular weight is 331 g/mol. The Balaban J connectivity index is 2.79. The summed E-state index contributed by atoms with van der Waals surface area (Å²) >= 11 is 3.32. The van der Waals surface area contributed by atoms with E-state index in [0.29, 0.717) is 10.4 Å². The number of benzene rings is 1. The van der Waals surface area contributed by atoms with E-state index in [-0.39, 0.29) is 11.9 Å². The lowest BCUT2D eigenvalue weighted by Gasteiger charge is -2.23. The Morgan fingerprint density at radius 2 is 2.11 bits per heavy atom. The molecule has 0 saturated heterocycles. The zero-order valence-electron chi connectivity index (χ0n) is 11.8. The lowest BCUT2D eigenvalue weighted by molar-refractivity contribution is 0.355. The fraction of sp³-hybridized carbons (Fsp3) is 0.600. The molecule has 0 radical (unpaired) electrons. The summed E-state index contributed by atoms with van der Waals surface area (Å²) in [6.07, 6.45) is 5.72. The van der Waals surface area contributed by atoms with Crippen molar-refractivity contribution in [2.24, 2.45) is 11.8 Å². The Bertz CT molecular complexity index is 384. The van der Waals surface area contributed by atoms with Crippen molar-refractivity contribution >= 4 is 15.9 Å². The second-order valence-corrected chi connectivity index (χ2v) is 5.81. The Kier molecular flexibility index (Phi) is 7.57. The monoisotopic (exact) mass is 330 g/mol. The van der Waals surface area contributed by atoms with E-state index in [0.717, 1.165) is 18.4 Å².